The molecule has 0 radical (unpaired) electrons. The summed E-state index contributed by atoms with van der Waals surface area (Å²) in [7, 11) is 0. The fourth-order valence-electron chi connectivity index (χ4n) is 2.59. The van der Waals surface area contributed by atoms with Crippen molar-refractivity contribution in [2.24, 2.45) is 0 Å². The first-order chi connectivity index (χ1) is 14.9. The summed E-state index contributed by atoms with van der Waals surface area (Å²) in [5.74, 6) is 0. The van der Waals surface area contributed by atoms with Gasteiger partial charge in [-0.05, 0) is 29.8 Å². The van der Waals surface area contributed by atoms with Crippen LogP contribution in [0.4, 0.5) is 26.3 Å². The van der Waals surface area contributed by atoms with E-state index in [1.807, 2.05) is 0 Å². The van der Waals surface area contributed by atoms with Crippen LogP contribution in [0.15, 0.2) is 24.3 Å². The number of pyridine rings is 1. The molecule has 0 saturated heterocycles. The molecule has 156 valence electrons. The van der Waals surface area contributed by atoms with E-state index >= 15 is 0 Å². The summed E-state index contributed by atoms with van der Waals surface area (Å²) in [6.45, 7) is 0. The van der Waals surface area contributed by atoms with Gasteiger partial charge in [0.15, 0.2) is 0 Å². The SMILES string of the molecule is N#CC(C#N)=c1cc(C#N)/c(=C(\C#N)c2cc(C(F)(F)F)nc(C(F)(F)F)c2)cc1C#N. The molecule has 2 aromatic rings. The predicted molar refractivity (Wildman–Crippen MR) is 92.1 cm³/mol. The van der Waals surface area contributed by atoms with Crippen molar-refractivity contribution in [1.82, 2.24) is 4.98 Å². The fourth-order valence-corrected chi connectivity index (χ4v) is 2.59. The number of halogens is 6. The lowest BCUT2D eigenvalue weighted by Crippen LogP contribution is -2.22. The minimum atomic E-state index is -5.28. The monoisotopic (exact) mass is 442 g/mol. The zero-order valence-corrected chi connectivity index (χ0v) is 15.3. The lowest BCUT2D eigenvalue weighted by molar-refractivity contribution is -0.150. The molecule has 12 heteroatoms. The molecule has 32 heavy (non-hydrogen) atoms. The van der Waals surface area contributed by atoms with Crippen LogP contribution < -0.4 is 10.4 Å². The van der Waals surface area contributed by atoms with Crippen molar-refractivity contribution in [3.05, 3.63) is 62.8 Å². The van der Waals surface area contributed by atoms with Crippen molar-refractivity contribution in [1.29, 1.82) is 26.3 Å². The van der Waals surface area contributed by atoms with Gasteiger partial charge in [-0.15, -0.1) is 0 Å². The van der Waals surface area contributed by atoms with Crippen molar-refractivity contribution in [3.8, 4) is 30.3 Å². The molecule has 0 aliphatic heterocycles. The third-order valence-corrected chi connectivity index (χ3v) is 3.97. The van der Waals surface area contributed by atoms with E-state index in [0.29, 0.717) is 0 Å². The predicted octanol–water partition coefficient (Wildman–Crippen LogP) is 2.78. The molecule has 0 amide bonds. The Labute approximate surface area is 175 Å². The molecule has 1 aromatic heterocycles. The van der Waals surface area contributed by atoms with Gasteiger partial charge >= 0.3 is 12.4 Å². The first kappa shape index (κ1) is 23.4. The average molecular weight is 442 g/mol. The van der Waals surface area contributed by atoms with Crippen LogP contribution in [0, 0.1) is 56.7 Å². The van der Waals surface area contributed by atoms with Crippen molar-refractivity contribution in [3.63, 3.8) is 0 Å². The highest BCUT2D eigenvalue weighted by molar-refractivity contribution is 5.79. The van der Waals surface area contributed by atoms with E-state index < -0.39 is 56.8 Å². The number of hydrogen-bond acceptors (Lipinski definition) is 6. The van der Waals surface area contributed by atoms with Crippen LogP contribution in [0.25, 0.3) is 11.1 Å². The Bertz CT molecular complexity index is 1400. The van der Waals surface area contributed by atoms with Crippen LogP contribution in [0.2, 0.25) is 0 Å². The number of hydrogen-bond donors (Lipinski definition) is 0. The molecule has 0 spiro atoms. The standard InChI is InChI=1S/C20H4F6N6/c21-19(22,23)17-3-10(4-18(32-17)20(24,25)26)16(9-31)15-2-11(5-27)14(1-12(15)6-28)13(7-29)8-30/h1-4H/b16-15+. The molecule has 1 aromatic carbocycles. The van der Waals surface area contributed by atoms with E-state index in [0.717, 1.165) is 12.1 Å². The van der Waals surface area contributed by atoms with Crippen LogP contribution in [0.5, 0.6) is 0 Å². The van der Waals surface area contributed by atoms with Gasteiger partial charge in [-0.1, -0.05) is 0 Å². The number of aromatic nitrogens is 1. The summed E-state index contributed by atoms with van der Waals surface area (Å²) in [6, 6.07) is 9.78. The van der Waals surface area contributed by atoms with E-state index in [4.69, 9.17) is 10.5 Å². The van der Waals surface area contributed by atoms with Gasteiger partial charge in [0.1, 0.15) is 35.2 Å². The Morgan fingerprint density at radius 3 is 1.47 bits per heavy atom. The molecular weight excluding hydrogens is 438 g/mol. The Morgan fingerprint density at radius 1 is 0.656 bits per heavy atom. The molecule has 0 atom stereocenters. The van der Waals surface area contributed by atoms with Crippen molar-refractivity contribution < 1.29 is 26.3 Å². The molecule has 0 saturated carbocycles. The largest absolute Gasteiger partial charge is 0.433 e. The quantitative estimate of drug-likeness (QED) is 0.624. The second-order valence-electron chi connectivity index (χ2n) is 5.87. The summed E-state index contributed by atoms with van der Waals surface area (Å²) >= 11 is 0. The molecular formula is C20H4F6N6. The number of rotatable bonds is 1. The lowest BCUT2D eigenvalue weighted by atomic mass is 9.97. The van der Waals surface area contributed by atoms with E-state index in [-0.39, 0.29) is 17.4 Å². The van der Waals surface area contributed by atoms with Gasteiger partial charge in [0.25, 0.3) is 0 Å². The van der Waals surface area contributed by atoms with Crippen molar-refractivity contribution >= 4 is 11.1 Å². The van der Waals surface area contributed by atoms with Gasteiger partial charge in [-0.3, -0.25) is 0 Å². The van der Waals surface area contributed by atoms with Crippen LogP contribution in [0.3, 0.4) is 0 Å². The molecule has 0 fully saturated rings. The van der Waals surface area contributed by atoms with Gasteiger partial charge in [-0.25, -0.2) is 4.98 Å². The highest BCUT2D eigenvalue weighted by Gasteiger charge is 2.39. The maximum Gasteiger partial charge on any atom is 0.433 e. The Hall–Kier alpha value is -4.86. The maximum absolute atomic E-state index is 13.1. The van der Waals surface area contributed by atoms with Gasteiger partial charge in [-0.2, -0.15) is 52.7 Å². The summed E-state index contributed by atoms with van der Waals surface area (Å²) in [4.78, 5) is 2.56. The first-order valence-corrected chi connectivity index (χ1v) is 8.01. The summed E-state index contributed by atoms with van der Waals surface area (Å²) < 4.78 is 78.7. The second-order valence-corrected chi connectivity index (χ2v) is 5.87. The van der Waals surface area contributed by atoms with Crippen LogP contribution in [-0.2, 0) is 12.4 Å². The summed E-state index contributed by atoms with van der Waals surface area (Å²) in [5, 5.41) is 45.5. The highest BCUT2D eigenvalue weighted by Crippen LogP contribution is 2.34. The minimum Gasteiger partial charge on any atom is -0.239 e. The first-order valence-electron chi connectivity index (χ1n) is 8.01. The topological polar surface area (TPSA) is 132 Å². The molecule has 0 aliphatic rings. The minimum absolute atomic E-state index is 0.205. The molecule has 1 heterocycles. The molecule has 2 rings (SSSR count). The molecule has 0 bridgehead atoms. The van der Waals surface area contributed by atoms with Crippen LogP contribution in [0.1, 0.15) is 28.1 Å². The zero-order valence-electron chi connectivity index (χ0n) is 15.3. The maximum atomic E-state index is 13.1. The Balaban J connectivity index is 3.14. The average Bonchev–Trinajstić information content (AvgIpc) is 2.74. The number of nitriles is 5. The zero-order chi connectivity index (χ0) is 24.3. The van der Waals surface area contributed by atoms with Gasteiger partial charge in [0.2, 0.25) is 0 Å². The third kappa shape index (κ3) is 4.49. The van der Waals surface area contributed by atoms with Crippen molar-refractivity contribution in [2.45, 2.75) is 12.4 Å². The molecule has 0 unspecified atom stereocenters. The van der Waals surface area contributed by atoms with E-state index in [1.165, 1.54) is 18.2 Å². The summed E-state index contributed by atoms with van der Waals surface area (Å²) in [5.41, 5.74) is -6.89. The summed E-state index contributed by atoms with van der Waals surface area (Å²) in [6.07, 6.45) is -10.6. The molecule has 0 N–H and O–H groups in total. The Kier molecular flexibility index (Phi) is 6.21. The van der Waals surface area contributed by atoms with Gasteiger partial charge < -0.3 is 0 Å². The Morgan fingerprint density at radius 2 is 1.09 bits per heavy atom. The third-order valence-electron chi connectivity index (χ3n) is 3.97. The van der Waals surface area contributed by atoms with E-state index in [2.05, 4.69) is 4.98 Å². The van der Waals surface area contributed by atoms with Gasteiger partial charge in [0.05, 0.1) is 28.8 Å². The number of alkyl halides is 6. The lowest BCUT2D eigenvalue weighted by Gasteiger charge is -2.13. The highest BCUT2D eigenvalue weighted by atomic mass is 19.4. The van der Waals surface area contributed by atoms with E-state index in [9.17, 15) is 42.1 Å². The van der Waals surface area contributed by atoms with Crippen LogP contribution in [-0.4, -0.2) is 4.98 Å². The smallest absolute Gasteiger partial charge is 0.239 e. The normalized spacial score (nSPS) is 11.8. The molecule has 0 aliphatic carbocycles. The fraction of sp³-hybridized carbons (Fsp3) is 0.100. The van der Waals surface area contributed by atoms with Gasteiger partial charge in [0, 0.05) is 10.4 Å². The van der Waals surface area contributed by atoms with Crippen LogP contribution >= 0.6 is 0 Å². The molecule has 6 nitrogen and oxygen atoms in total. The number of nitrogens with zero attached hydrogens (tertiary/aromatic N) is 6. The number of benzene rings is 1. The van der Waals surface area contributed by atoms with Crippen molar-refractivity contribution in [2.75, 3.05) is 0 Å². The van der Waals surface area contributed by atoms with E-state index in [1.54, 1.807) is 12.1 Å². The second kappa shape index (κ2) is 8.48.